The van der Waals surface area contributed by atoms with Crippen LogP contribution in [0.5, 0.6) is 0 Å². The van der Waals surface area contributed by atoms with Gasteiger partial charge < -0.3 is 14.8 Å². The largest absolute Gasteiger partial charge is 0.353 e. The summed E-state index contributed by atoms with van der Waals surface area (Å²) in [4.78, 5) is 13.4. The lowest BCUT2D eigenvalue weighted by molar-refractivity contribution is -0.147. The Kier molecular flexibility index (Phi) is 9.03. The number of nitrogens with one attached hydrogen (secondary N) is 1. The highest BCUT2D eigenvalue weighted by Crippen LogP contribution is 1.98. The van der Waals surface area contributed by atoms with Crippen molar-refractivity contribution in [2.45, 2.75) is 40.0 Å². The maximum atomic E-state index is 11.5. The lowest BCUT2D eigenvalue weighted by Gasteiger charge is -2.23. The average molecular weight is 246 g/mol. The summed E-state index contributed by atoms with van der Waals surface area (Å²) in [5.74, 6) is 0.0225. The summed E-state index contributed by atoms with van der Waals surface area (Å²) in [5.41, 5.74) is 0. The van der Waals surface area contributed by atoms with E-state index in [-0.39, 0.29) is 18.2 Å². The van der Waals surface area contributed by atoms with E-state index in [2.05, 4.69) is 5.32 Å². The van der Waals surface area contributed by atoms with Crippen molar-refractivity contribution in [1.82, 2.24) is 10.2 Å². The Bertz CT molecular complexity index is 204. The summed E-state index contributed by atoms with van der Waals surface area (Å²) >= 11 is 0. The fourth-order valence-corrected chi connectivity index (χ4v) is 1.46. The monoisotopic (exact) mass is 246 g/mol. The van der Waals surface area contributed by atoms with Crippen LogP contribution in [0.1, 0.15) is 27.7 Å². The number of carbonyl (C=O) groups is 1. The lowest BCUT2D eigenvalue weighted by Crippen LogP contribution is -2.42. The molecule has 0 aliphatic carbocycles. The van der Waals surface area contributed by atoms with Crippen LogP contribution in [0.4, 0.5) is 0 Å². The van der Waals surface area contributed by atoms with Gasteiger partial charge in [0.15, 0.2) is 6.29 Å². The molecule has 0 spiro atoms. The summed E-state index contributed by atoms with van der Waals surface area (Å²) in [6.07, 6.45) is -0.262. The van der Waals surface area contributed by atoms with Crippen LogP contribution >= 0.6 is 0 Å². The van der Waals surface area contributed by atoms with Crippen LogP contribution in [0.2, 0.25) is 0 Å². The molecule has 17 heavy (non-hydrogen) atoms. The van der Waals surface area contributed by atoms with Crippen LogP contribution in [0.3, 0.4) is 0 Å². The first-order valence-electron chi connectivity index (χ1n) is 6.20. The third-order valence-corrected chi connectivity index (χ3v) is 2.03. The minimum absolute atomic E-state index is 0.0225. The Labute approximate surface area is 104 Å². The van der Waals surface area contributed by atoms with Crippen LogP contribution in [0.25, 0.3) is 0 Å². The zero-order valence-corrected chi connectivity index (χ0v) is 11.7. The van der Waals surface area contributed by atoms with Crippen molar-refractivity contribution >= 4 is 5.91 Å². The van der Waals surface area contributed by atoms with E-state index < -0.39 is 0 Å². The van der Waals surface area contributed by atoms with Crippen LogP contribution < -0.4 is 5.32 Å². The van der Waals surface area contributed by atoms with Gasteiger partial charge in [0, 0.05) is 25.8 Å². The summed E-state index contributed by atoms with van der Waals surface area (Å²) in [6, 6.07) is 0.172. The first-order valence-corrected chi connectivity index (χ1v) is 6.20. The van der Waals surface area contributed by atoms with E-state index in [1.54, 1.807) is 0 Å². The molecule has 0 aromatic rings. The number of ether oxygens (including phenoxy) is 2. The molecule has 0 fully saturated rings. The van der Waals surface area contributed by atoms with Crippen LogP contribution in [-0.4, -0.2) is 56.5 Å². The van der Waals surface area contributed by atoms with Gasteiger partial charge in [-0.15, -0.1) is 0 Å². The van der Waals surface area contributed by atoms with Gasteiger partial charge in [0.2, 0.25) is 5.91 Å². The molecular weight excluding hydrogens is 220 g/mol. The summed E-state index contributed by atoms with van der Waals surface area (Å²) in [7, 11) is 1.88. The van der Waals surface area contributed by atoms with Crippen molar-refractivity contribution in [2.24, 2.45) is 0 Å². The first-order chi connectivity index (χ1) is 7.99. The molecule has 0 saturated carbocycles. The highest BCUT2D eigenvalue weighted by molar-refractivity contribution is 5.78. The number of rotatable bonds is 9. The molecule has 0 heterocycles. The fourth-order valence-electron chi connectivity index (χ4n) is 1.46. The first kappa shape index (κ1) is 16.4. The quantitative estimate of drug-likeness (QED) is 0.613. The van der Waals surface area contributed by atoms with Crippen LogP contribution in [0.15, 0.2) is 0 Å². The van der Waals surface area contributed by atoms with Crippen molar-refractivity contribution in [3.05, 3.63) is 0 Å². The number of carbonyl (C=O) groups excluding carboxylic acids is 1. The molecule has 102 valence electrons. The molecule has 0 unspecified atom stereocenters. The zero-order chi connectivity index (χ0) is 13.3. The Morgan fingerprint density at radius 2 is 1.76 bits per heavy atom. The molecule has 5 heteroatoms. The minimum Gasteiger partial charge on any atom is -0.353 e. The molecule has 1 amide bonds. The second kappa shape index (κ2) is 9.39. The molecule has 0 atom stereocenters. The maximum absolute atomic E-state index is 11.5. The van der Waals surface area contributed by atoms with Crippen LogP contribution in [0, 0.1) is 0 Å². The molecule has 1 N–H and O–H groups in total. The molecule has 0 aliphatic rings. The number of likely N-dealkylation sites (N-methyl/N-ethyl adjacent to an activating group) is 1. The number of amides is 1. The minimum atomic E-state index is -0.262. The molecule has 0 bridgehead atoms. The number of hydrogen-bond donors (Lipinski definition) is 1. The highest BCUT2D eigenvalue weighted by Gasteiger charge is 2.14. The van der Waals surface area contributed by atoms with E-state index in [1.807, 2.05) is 39.6 Å². The van der Waals surface area contributed by atoms with E-state index in [4.69, 9.17) is 9.47 Å². The van der Waals surface area contributed by atoms with Gasteiger partial charge in [-0.25, -0.2) is 0 Å². The number of nitrogens with zero attached hydrogens (tertiary/aromatic N) is 1. The van der Waals surface area contributed by atoms with E-state index in [0.29, 0.717) is 26.3 Å². The molecule has 0 aliphatic heterocycles. The third-order valence-electron chi connectivity index (χ3n) is 2.03. The van der Waals surface area contributed by atoms with Crippen molar-refractivity contribution in [3.63, 3.8) is 0 Å². The van der Waals surface area contributed by atoms with Crippen molar-refractivity contribution < 1.29 is 14.3 Å². The van der Waals surface area contributed by atoms with Crippen molar-refractivity contribution in [2.75, 3.05) is 33.4 Å². The Morgan fingerprint density at radius 1 is 1.24 bits per heavy atom. The van der Waals surface area contributed by atoms with Gasteiger partial charge in [0.05, 0.1) is 6.54 Å². The molecule has 0 rings (SSSR count). The SMILES string of the molecule is CCOC(CN(C)CC(=O)NC(C)C)OCC. The van der Waals surface area contributed by atoms with Gasteiger partial charge >= 0.3 is 0 Å². The Morgan fingerprint density at radius 3 is 2.18 bits per heavy atom. The zero-order valence-electron chi connectivity index (χ0n) is 11.7. The van der Waals surface area contributed by atoms with E-state index >= 15 is 0 Å². The summed E-state index contributed by atoms with van der Waals surface area (Å²) < 4.78 is 10.8. The molecular formula is C12H26N2O3. The molecule has 5 nitrogen and oxygen atoms in total. The van der Waals surface area contributed by atoms with E-state index in [9.17, 15) is 4.79 Å². The lowest BCUT2D eigenvalue weighted by atomic mass is 10.4. The van der Waals surface area contributed by atoms with Crippen molar-refractivity contribution in [1.29, 1.82) is 0 Å². The standard InChI is InChI=1S/C12H26N2O3/c1-6-16-12(17-7-2)9-14(5)8-11(15)13-10(3)4/h10,12H,6-9H2,1-5H3,(H,13,15). The molecule has 0 aromatic heterocycles. The second-order valence-corrected chi connectivity index (χ2v) is 4.26. The molecule has 0 radical (unpaired) electrons. The van der Waals surface area contributed by atoms with Gasteiger partial charge in [-0.05, 0) is 34.7 Å². The molecule has 0 saturated heterocycles. The maximum Gasteiger partial charge on any atom is 0.234 e. The van der Waals surface area contributed by atoms with Gasteiger partial charge in [-0.2, -0.15) is 0 Å². The topological polar surface area (TPSA) is 50.8 Å². The molecule has 0 aromatic carbocycles. The Hall–Kier alpha value is -0.650. The van der Waals surface area contributed by atoms with Crippen molar-refractivity contribution in [3.8, 4) is 0 Å². The van der Waals surface area contributed by atoms with E-state index in [0.717, 1.165) is 0 Å². The summed E-state index contributed by atoms with van der Waals surface area (Å²) in [6.45, 7) is 9.91. The number of hydrogen-bond acceptors (Lipinski definition) is 4. The summed E-state index contributed by atoms with van der Waals surface area (Å²) in [5, 5.41) is 2.85. The fraction of sp³-hybridized carbons (Fsp3) is 0.917. The average Bonchev–Trinajstić information content (AvgIpc) is 2.16. The predicted octanol–water partition coefficient (Wildman–Crippen LogP) is 0.842. The Balaban J connectivity index is 3.95. The third kappa shape index (κ3) is 9.09. The normalized spacial score (nSPS) is 11.5. The second-order valence-electron chi connectivity index (χ2n) is 4.26. The highest BCUT2D eigenvalue weighted by atomic mass is 16.7. The smallest absolute Gasteiger partial charge is 0.234 e. The van der Waals surface area contributed by atoms with Gasteiger partial charge in [0.25, 0.3) is 0 Å². The van der Waals surface area contributed by atoms with Gasteiger partial charge in [-0.3, -0.25) is 9.69 Å². The van der Waals surface area contributed by atoms with Crippen LogP contribution in [-0.2, 0) is 14.3 Å². The predicted molar refractivity (Wildman–Crippen MR) is 67.8 cm³/mol. The van der Waals surface area contributed by atoms with Gasteiger partial charge in [-0.1, -0.05) is 0 Å². The van der Waals surface area contributed by atoms with Gasteiger partial charge in [0.1, 0.15) is 0 Å². The van der Waals surface area contributed by atoms with E-state index in [1.165, 1.54) is 0 Å².